The summed E-state index contributed by atoms with van der Waals surface area (Å²) in [5.74, 6) is 1.27. The van der Waals surface area contributed by atoms with Gasteiger partial charge in [0, 0.05) is 30.0 Å². The molecular weight excluding hydrogens is 454 g/mol. The van der Waals surface area contributed by atoms with Gasteiger partial charge >= 0.3 is 6.03 Å². The summed E-state index contributed by atoms with van der Waals surface area (Å²) in [6, 6.07) is 9.65. The van der Waals surface area contributed by atoms with E-state index in [1.54, 1.807) is 25.1 Å². The van der Waals surface area contributed by atoms with E-state index in [1.807, 2.05) is 24.3 Å². The minimum atomic E-state index is -0.193. The van der Waals surface area contributed by atoms with Crippen LogP contribution in [0.2, 0.25) is 0 Å². The topological polar surface area (TPSA) is 120 Å². The van der Waals surface area contributed by atoms with Crippen LogP contribution in [-0.4, -0.2) is 35.6 Å². The van der Waals surface area contributed by atoms with Gasteiger partial charge in [-0.1, -0.05) is 17.3 Å². The standard InChI is InChI=1S/C24H25N5O4S/c1-15-17(13-27-33-15)12-26-24(31)29-9-8-19-20(11-25)23(34-21(19)14-29)28-22(30)7-6-16-4-3-5-18(10-16)32-2/h3-5,10,13H,6-9,12,14H2,1-2H3,(H,26,31)(H,28,30). The largest absolute Gasteiger partial charge is 0.497 e. The number of aromatic nitrogens is 1. The van der Waals surface area contributed by atoms with Crippen LogP contribution in [0.5, 0.6) is 5.75 Å². The first-order valence-corrected chi connectivity index (χ1v) is 11.7. The number of rotatable bonds is 7. The third-order valence-corrected chi connectivity index (χ3v) is 6.90. The highest BCUT2D eigenvalue weighted by Crippen LogP contribution is 2.36. The van der Waals surface area contributed by atoms with Gasteiger partial charge in [0.25, 0.3) is 0 Å². The molecule has 3 amide bonds. The van der Waals surface area contributed by atoms with Crippen LogP contribution < -0.4 is 15.4 Å². The molecule has 1 aromatic carbocycles. The Hall–Kier alpha value is -3.84. The molecule has 1 aliphatic heterocycles. The monoisotopic (exact) mass is 479 g/mol. The van der Waals surface area contributed by atoms with Crippen LogP contribution in [0.3, 0.4) is 0 Å². The van der Waals surface area contributed by atoms with Crippen molar-refractivity contribution in [2.45, 2.75) is 39.3 Å². The van der Waals surface area contributed by atoms with Crippen LogP contribution in [-0.2, 0) is 30.7 Å². The number of urea groups is 1. The third kappa shape index (κ3) is 5.21. The number of amides is 3. The molecule has 0 spiro atoms. The minimum absolute atomic E-state index is 0.156. The van der Waals surface area contributed by atoms with E-state index in [1.165, 1.54) is 11.3 Å². The number of thiophene rings is 1. The number of methoxy groups -OCH3 is 1. The predicted molar refractivity (Wildman–Crippen MR) is 127 cm³/mol. The number of anilines is 1. The molecule has 0 saturated carbocycles. The zero-order valence-electron chi connectivity index (χ0n) is 19.0. The fourth-order valence-corrected chi connectivity index (χ4v) is 5.06. The molecule has 0 unspecified atom stereocenters. The van der Waals surface area contributed by atoms with Crippen LogP contribution >= 0.6 is 11.3 Å². The Morgan fingerprint density at radius 3 is 2.97 bits per heavy atom. The average molecular weight is 480 g/mol. The molecule has 0 saturated heterocycles. The minimum Gasteiger partial charge on any atom is -0.497 e. The van der Waals surface area contributed by atoms with Gasteiger partial charge in [0.2, 0.25) is 5.91 Å². The maximum Gasteiger partial charge on any atom is 0.318 e. The van der Waals surface area contributed by atoms with Crippen molar-refractivity contribution in [3.8, 4) is 11.8 Å². The molecule has 2 N–H and O–H groups in total. The highest BCUT2D eigenvalue weighted by Gasteiger charge is 2.27. The van der Waals surface area contributed by atoms with Crippen molar-refractivity contribution in [3.63, 3.8) is 0 Å². The van der Waals surface area contributed by atoms with Crippen LogP contribution in [0.1, 0.15) is 39.3 Å². The number of hydrogen-bond acceptors (Lipinski definition) is 7. The van der Waals surface area contributed by atoms with Crippen LogP contribution in [0.4, 0.5) is 9.80 Å². The van der Waals surface area contributed by atoms with Gasteiger partial charge in [0.1, 0.15) is 22.6 Å². The molecule has 10 heteroatoms. The second-order valence-electron chi connectivity index (χ2n) is 7.96. The molecular formula is C24H25N5O4S. The molecule has 3 aromatic rings. The first-order valence-electron chi connectivity index (χ1n) is 10.9. The molecule has 0 atom stereocenters. The van der Waals surface area contributed by atoms with Crippen molar-refractivity contribution in [2.75, 3.05) is 19.0 Å². The fourth-order valence-electron chi connectivity index (χ4n) is 3.83. The molecule has 4 rings (SSSR count). The summed E-state index contributed by atoms with van der Waals surface area (Å²) in [6.07, 6.45) is 3.01. The van der Waals surface area contributed by atoms with Crippen molar-refractivity contribution in [1.82, 2.24) is 15.4 Å². The lowest BCUT2D eigenvalue weighted by Gasteiger charge is -2.27. The number of aryl methyl sites for hydroxylation is 2. The summed E-state index contributed by atoms with van der Waals surface area (Å²) in [6.45, 7) is 3.02. The first kappa shape index (κ1) is 23.3. The van der Waals surface area contributed by atoms with Crippen LogP contribution in [0, 0.1) is 18.3 Å². The van der Waals surface area contributed by atoms with Crippen molar-refractivity contribution in [1.29, 1.82) is 5.26 Å². The Bertz CT molecular complexity index is 1240. The lowest BCUT2D eigenvalue weighted by Crippen LogP contribution is -2.42. The highest BCUT2D eigenvalue weighted by atomic mass is 32.1. The molecule has 3 heterocycles. The lowest BCUT2D eigenvalue weighted by molar-refractivity contribution is -0.116. The average Bonchev–Trinajstić information content (AvgIpc) is 3.42. The molecule has 0 aliphatic carbocycles. The Balaban J connectivity index is 1.37. The Morgan fingerprint density at radius 1 is 1.38 bits per heavy atom. The quantitative estimate of drug-likeness (QED) is 0.532. The second-order valence-corrected chi connectivity index (χ2v) is 9.06. The summed E-state index contributed by atoms with van der Waals surface area (Å²) in [7, 11) is 1.61. The summed E-state index contributed by atoms with van der Waals surface area (Å²) >= 11 is 1.36. The number of fused-ring (bicyclic) bond motifs is 1. The van der Waals surface area contributed by atoms with E-state index < -0.39 is 0 Å². The third-order valence-electron chi connectivity index (χ3n) is 5.76. The second kappa shape index (κ2) is 10.4. The number of nitrogens with one attached hydrogen (secondary N) is 2. The Kier molecular flexibility index (Phi) is 7.13. The number of carbonyl (C=O) groups is 2. The van der Waals surface area contributed by atoms with Gasteiger partial charge < -0.3 is 24.8 Å². The summed E-state index contributed by atoms with van der Waals surface area (Å²) in [4.78, 5) is 27.9. The number of carbonyl (C=O) groups excluding carboxylic acids is 2. The maximum absolute atomic E-state index is 12.6. The number of nitriles is 1. The number of ether oxygens (including phenoxy) is 1. The van der Waals surface area contributed by atoms with Gasteiger partial charge in [0.15, 0.2) is 0 Å². The number of nitrogens with zero attached hydrogens (tertiary/aromatic N) is 3. The van der Waals surface area contributed by atoms with Crippen LogP contribution in [0.15, 0.2) is 35.0 Å². The van der Waals surface area contributed by atoms with E-state index in [0.29, 0.717) is 48.8 Å². The molecule has 2 aromatic heterocycles. The fraction of sp³-hybridized carbons (Fsp3) is 0.333. The number of hydrogen-bond donors (Lipinski definition) is 2. The molecule has 1 aliphatic rings. The molecule has 0 fully saturated rings. The molecule has 34 heavy (non-hydrogen) atoms. The van der Waals surface area contributed by atoms with Crippen molar-refractivity contribution in [2.24, 2.45) is 0 Å². The summed E-state index contributed by atoms with van der Waals surface area (Å²) < 4.78 is 10.2. The normalized spacial score (nSPS) is 12.6. The zero-order chi connectivity index (χ0) is 24.1. The number of benzene rings is 1. The van der Waals surface area contributed by atoms with Crippen molar-refractivity contribution < 1.29 is 18.8 Å². The summed E-state index contributed by atoms with van der Waals surface area (Å²) in [5, 5.41) is 19.8. The van der Waals surface area contributed by atoms with E-state index in [-0.39, 0.29) is 18.4 Å². The molecule has 9 nitrogen and oxygen atoms in total. The van der Waals surface area contributed by atoms with Gasteiger partial charge in [-0.3, -0.25) is 4.79 Å². The van der Waals surface area contributed by atoms with E-state index in [9.17, 15) is 14.9 Å². The smallest absolute Gasteiger partial charge is 0.318 e. The van der Waals surface area contributed by atoms with Crippen molar-refractivity contribution >= 4 is 28.3 Å². The van der Waals surface area contributed by atoms with Gasteiger partial charge in [-0.25, -0.2) is 4.79 Å². The van der Waals surface area contributed by atoms with E-state index in [2.05, 4.69) is 21.9 Å². The lowest BCUT2D eigenvalue weighted by atomic mass is 10.0. The first-order chi connectivity index (χ1) is 16.5. The van der Waals surface area contributed by atoms with E-state index >= 15 is 0 Å². The maximum atomic E-state index is 12.6. The Morgan fingerprint density at radius 2 is 2.24 bits per heavy atom. The zero-order valence-corrected chi connectivity index (χ0v) is 19.8. The Labute approximate surface area is 201 Å². The highest BCUT2D eigenvalue weighted by molar-refractivity contribution is 7.16. The molecule has 0 bridgehead atoms. The van der Waals surface area contributed by atoms with Gasteiger partial charge in [-0.05, 0) is 43.0 Å². The van der Waals surface area contributed by atoms with E-state index in [0.717, 1.165) is 27.3 Å². The summed E-state index contributed by atoms with van der Waals surface area (Å²) in [5.41, 5.74) is 3.24. The van der Waals surface area contributed by atoms with Crippen molar-refractivity contribution in [3.05, 3.63) is 63.4 Å². The van der Waals surface area contributed by atoms with Gasteiger partial charge in [0.05, 0.1) is 25.4 Å². The van der Waals surface area contributed by atoms with Crippen LogP contribution in [0.25, 0.3) is 0 Å². The van der Waals surface area contributed by atoms with E-state index in [4.69, 9.17) is 9.26 Å². The van der Waals surface area contributed by atoms with Gasteiger partial charge in [-0.15, -0.1) is 11.3 Å². The van der Waals surface area contributed by atoms with Gasteiger partial charge in [-0.2, -0.15) is 5.26 Å². The molecule has 0 radical (unpaired) electrons. The molecule has 176 valence electrons. The SMILES string of the molecule is COc1cccc(CCC(=O)Nc2sc3c(c2C#N)CCN(C(=O)NCc2cnoc2C)C3)c1. The predicted octanol–water partition coefficient (Wildman–Crippen LogP) is 3.76.